The normalized spacial score (nSPS) is 13.9. The maximum absolute atomic E-state index is 11.8. The molecule has 0 spiro atoms. The molecule has 0 aromatic carbocycles. The Labute approximate surface area is 213 Å². The molecule has 36 heavy (non-hydrogen) atoms. The van der Waals surface area contributed by atoms with Gasteiger partial charge in [0.15, 0.2) is 0 Å². The first-order chi connectivity index (χ1) is 17.2. The van der Waals surface area contributed by atoms with Crippen LogP contribution in [-0.4, -0.2) is 62.8 Å². The zero-order valence-corrected chi connectivity index (χ0v) is 22.3. The van der Waals surface area contributed by atoms with Gasteiger partial charge in [-0.25, -0.2) is 4.57 Å². The zero-order chi connectivity index (χ0) is 26.7. The predicted octanol–water partition coefficient (Wildman–Crippen LogP) is 3.61. The number of esters is 1. The summed E-state index contributed by atoms with van der Waals surface area (Å²) in [6.07, 6.45) is 14.6. The Balaban J connectivity index is 1.97. The number of aryl methyl sites for hydroxylation is 2. The van der Waals surface area contributed by atoms with Crippen LogP contribution < -0.4 is 5.73 Å². The second-order valence-corrected chi connectivity index (χ2v) is 10.2. The number of hydrogen-bond acceptors (Lipinski definition) is 9. The third kappa shape index (κ3) is 16.8. The van der Waals surface area contributed by atoms with Crippen molar-refractivity contribution in [2.24, 2.45) is 5.73 Å². The predicted molar refractivity (Wildman–Crippen MR) is 133 cm³/mol. The molecule has 0 aliphatic carbocycles. The van der Waals surface area contributed by atoms with E-state index in [0.717, 1.165) is 50.8 Å². The summed E-state index contributed by atoms with van der Waals surface area (Å²) >= 11 is 0. The molecular formula is C23H43N4O8P. The molecule has 0 aliphatic rings. The van der Waals surface area contributed by atoms with Crippen molar-refractivity contribution in [3.05, 3.63) is 11.9 Å². The largest absolute Gasteiger partial charge is 0.480 e. The van der Waals surface area contributed by atoms with Crippen LogP contribution in [0.4, 0.5) is 0 Å². The molecule has 1 heterocycles. The number of carbonyl (C=O) groups is 2. The second-order valence-electron chi connectivity index (χ2n) is 8.77. The molecule has 0 radical (unpaired) electrons. The molecule has 4 N–H and O–H groups in total. The number of unbranched alkanes of at least 4 members (excludes halogenated alkanes) is 8. The molecule has 0 saturated heterocycles. The highest BCUT2D eigenvalue weighted by atomic mass is 31.2. The molecule has 12 nitrogen and oxygen atoms in total. The summed E-state index contributed by atoms with van der Waals surface area (Å²) in [4.78, 5) is 31.7. The third-order valence-corrected chi connectivity index (χ3v) is 6.42. The van der Waals surface area contributed by atoms with E-state index in [2.05, 4.69) is 26.3 Å². The number of carbonyl (C=O) groups excluding carboxylic acids is 1. The minimum absolute atomic E-state index is 0.0477. The molecule has 0 fully saturated rings. The highest BCUT2D eigenvalue weighted by Crippen LogP contribution is 2.43. The van der Waals surface area contributed by atoms with Crippen LogP contribution >= 0.6 is 7.82 Å². The Morgan fingerprint density at radius 1 is 1.03 bits per heavy atom. The molecule has 0 aliphatic heterocycles. The lowest BCUT2D eigenvalue weighted by atomic mass is 10.1. The quantitative estimate of drug-likeness (QED) is 0.106. The van der Waals surface area contributed by atoms with Crippen molar-refractivity contribution in [3.63, 3.8) is 0 Å². The van der Waals surface area contributed by atoms with Crippen LogP contribution in [0.25, 0.3) is 0 Å². The van der Waals surface area contributed by atoms with Crippen LogP contribution in [0.1, 0.15) is 89.7 Å². The van der Waals surface area contributed by atoms with Crippen LogP contribution in [0.5, 0.6) is 0 Å². The first kappa shape index (κ1) is 32.2. The molecule has 208 valence electrons. The molecular weight excluding hydrogens is 491 g/mol. The average Bonchev–Trinajstić information content (AvgIpc) is 3.29. The monoisotopic (exact) mass is 534 g/mol. The van der Waals surface area contributed by atoms with Crippen molar-refractivity contribution in [2.75, 3.05) is 19.8 Å². The van der Waals surface area contributed by atoms with Gasteiger partial charge in [0.2, 0.25) is 0 Å². The molecule has 0 amide bonds. The second kappa shape index (κ2) is 19.3. The number of carboxylic acid groups (broad SMARTS) is 1. The minimum Gasteiger partial charge on any atom is -0.480 e. The minimum atomic E-state index is -4.40. The fourth-order valence-electron chi connectivity index (χ4n) is 3.33. The van der Waals surface area contributed by atoms with E-state index in [0.29, 0.717) is 6.42 Å². The van der Waals surface area contributed by atoms with Crippen molar-refractivity contribution in [2.45, 2.75) is 103 Å². The lowest BCUT2D eigenvalue weighted by molar-refractivity contribution is -0.144. The number of rotatable bonds is 23. The molecule has 2 atom stereocenters. The van der Waals surface area contributed by atoms with Gasteiger partial charge in [0.25, 0.3) is 0 Å². The Kier molecular flexibility index (Phi) is 17.2. The molecule has 0 saturated carbocycles. The number of phosphoric ester groups is 1. The standard InChI is InChI=1S/C23H43N4O8P/c1-2-3-4-6-9-13-20-18-27(26-25-20)15-11-8-5-7-10-14-22(28)33-16-12-17-34-36(31,32)35-19-21(24)23(29)30/h18,21H,2-17,19,24H2,1H3,(H,29,30)(H,31,32)/t21-/m0/s1. The van der Waals surface area contributed by atoms with Gasteiger partial charge in [-0.15, -0.1) is 5.10 Å². The average molecular weight is 535 g/mol. The van der Waals surface area contributed by atoms with Gasteiger partial charge in [-0.2, -0.15) is 0 Å². The van der Waals surface area contributed by atoms with Gasteiger partial charge < -0.3 is 20.5 Å². The van der Waals surface area contributed by atoms with Crippen molar-refractivity contribution < 1.29 is 37.9 Å². The number of ether oxygens (including phenoxy) is 1. The number of nitrogens with zero attached hydrogens (tertiary/aromatic N) is 3. The summed E-state index contributed by atoms with van der Waals surface area (Å²) in [5, 5.41) is 17.1. The lowest BCUT2D eigenvalue weighted by Gasteiger charge is -2.13. The fourth-order valence-corrected chi connectivity index (χ4v) is 4.11. The first-order valence-corrected chi connectivity index (χ1v) is 14.4. The maximum Gasteiger partial charge on any atom is 0.472 e. The van der Waals surface area contributed by atoms with Gasteiger partial charge in [0, 0.05) is 25.6 Å². The summed E-state index contributed by atoms with van der Waals surface area (Å²) in [6, 6.07) is -1.42. The van der Waals surface area contributed by atoms with Crippen molar-refractivity contribution in [3.8, 4) is 0 Å². The highest BCUT2D eigenvalue weighted by molar-refractivity contribution is 7.47. The van der Waals surface area contributed by atoms with Crippen molar-refractivity contribution >= 4 is 19.8 Å². The molecule has 1 rings (SSSR count). The van der Waals surface area contributed by atoms with Crippen LogP contribution in [0, 0.1) is 0 Å². The lowest BCUT2D eigenvalue weighted by Crippen LogP contribution is -2.34. The van der Waals surface area contributed by atoms with Crippen LogP contribution in [0.15, 0.2) is 6.20 Å². The van der Waals surface area contributed by atoms with Gasteiger partial charge in [0.05, 0.1) is 25.5 Å². The van der Waals surface area contributed by atoms with Crippen LogP contribution in [0.2, 0.25) is 0 Å². The first-order valence-electron chi connectivity index (χ1n) is 12.9. The van der Waals surface area contributed by atoms with Gasteiger partial charge >= 0.3 is 19.8 Å². The highest BCUT2D eigenvalue weighted by Gasteiger charge is 2.24. The molecule has 13 heteroatoms. The number of carboxylic acids is 1. The maximum atomic E-state index is 11.8. The van der Waals surface area contributed by atoms with Gasteiger partial charge in [-0.05, 0) is 25.7 Å². The van der Waals surface area contributed by atoms with E-state index in [1.54, 1.807) is 0 Å². The number of nitrogens with two attached hydrogens (primary N) is 1. The molecule has 0 bridgehead atoms. The van der Waals surface area contributed by atoms with E-state index in [-0.39, 0.29) is 25.6 Å². The van der Waals surface area contributed by atoms with E-state index in [1.807, 2.05) is 10.9 Å². The van der Waals surface area contributed by atoms with Gasteiger partial charge in [-0.3, -0.25) is 23.3 Å². The smallest absolute Gasteiger partial charge is 0.472 e. The van der Waals surface area contributed by atoms with E-state index >= 15 is 0 Å². The summed E-state index contributed by atoms with van der Waals surface area (Å²) in [5.74, 6) is -1.68. The number of aromatic nitrogens is 3. The van der Waals surface area contributed by atoms with Gasteiger partial charge in [0.1, 0.15) is 6.04 Å². The molecule has 1 aromatic rings. The summed E-state index contributed by atoms with van der Waals surface area (Å²) < 4.78 is 27.7. The van der Waals surface area contributed by atoms with Gasteiger partial charge in [-0.1, -0.05) is 57.1 Å². The van der Waals surface area contributed by atoms with Crippen molar-refractivity contribution in [1.29, 1.82) is 0 Å². The van der Waals surface area contributed by atoms with E-state index in [9.17, 15) is 19.0 Å². The number of hydrogen-bond donors (Lipinski definition) is 3. The number of phosphoric acid groups is 1. The van der Waals surface area contributed by atoms with Crippen LogP contribution in [0.3, 0.4) is 0 Å². The zero-order valence-electron chi connectivity index (χ0n) is 21.4. The summed E-state index contributed by atoms with van der Waals surface area (Å²) in [6.45, 7) is 2.28. The van der Waals surface area contributed by atoms with Crippen LogP contribution in [-0.2, 0) is 40.9 Å². The fraction of sp³-hybridized carbons (Fsp3) is 0.826. The van der Waals surface area contributed by atoms with Crippen molar-refractivity contribution in [1.82, 2.24) is 15.0 Å². The topological polar surface area (TPSA) is 176 Å². The number of aliphatic carboxylic acids is 1. The van der Waals surface area contributed by atoms with E-state index < -0.39 is 26.4 Å². The molecule has 1 aromatic heterocycles. The Hall–Kier alpha value is -1.85. The van der Waals surface area contributed by atoms with E-state index in [1.165, 1.54) is 32.1 Å². The Morgan fingerprint density at radius 2 is 1.72 bits per heavy atom. The summed E-state index contributed by atoms with van der Waals surface area (Å²) in [5.41, 5.74) is 6.25. The SMILES string of the molecule is CCCCCCCc1cn(CCCCCCCC(=O)OCCCOP(=O)(O)OC[C@H](N)C(=O)O)nn1. The molecule has 1 unspecified atom stereocenters. The third-order valence-electron chi connectivity index (χ3n) is 5.43. The Bertz CT molecular complexity index is 792. The summed E-state index contributed by atoms with van der Waals surface area (Å²) in [7, 11) is -4.40. The van der Waals surface area contributed by atoms with E-state index in [4.69, 9.17) is 15.6 Å². The Morgan fingerprint density at radius 3 is 2.47 bits per heavy atom.